The molecule has 3 heteroatoms. The van der Waals surface area contributed by atoms with E-state index in [4.69, 9.17) is 10.5 Å². The number of hydrogen-bond acceptors (Lipinski definition) is 2. The summed E-state index contributed by atoms with van der Waals surface area (Å²) in [5.74, 6) is -0.0152. The molecule has 0 aromatic heterocycles. The molecule has 0 aliphatic heterocycles. The van der Waals surface area contributed by atoms with Crippen LogP contribution in [0.15, 0.2) is 48.5 Å². The fraction of sp³-hybridized carbons (Fsp3) is 0.200. The lowest BCUT2D eigenvalue weighted by Gasteiger charge is -2.09. The zero-order chi connectivity index (χ0) is 12.8. The van der Waals surface area contributed by atoms with E-state index in [1.54, 1.807) is 12.1 Å². The summed E-state index contributed by atoms with van der Waals surface area (Å²) in [7, 11) is 0. The van der Waals surface area contributed by atoms with Crippen LogP contribution in [0.4, 0.5) is 10.1 Å². The van der Waals surface area contributed by atoms with Crippen molar-refractivity contribution in [1.29, 1.82) is 0 Å². The Bertz CT molecular complexity index is 499. The molecule has 0 spiro atoms. The van der Waals surface area contributed by atoms with Gasteiger partial charge in [-0.25, -0.2) is 4.39 Å². The van der Waals surface area contributed by atoms with E-state index in [0.717, 1.165) is 12.8 Å². The van der Waals surface area contributed by atoms with E-state index in [2.05, 4.69) is 12.1 Å². The first-order valence-electron chi connectivity index (χ1n) is 5.98. The van der Waals surface area contributed by atoms with E-state index in [-0.39, 0.29) is 5.69 Å². The van der Waals surface area contributed by atoms with Crippen LogP contribution < -0.4 is 10.5 Å². The van der Waals surface area contributed by atoms with Gasteiger partial charge in [-0.3, -0.25) is 0 Å². The van der Waals surface area contributed by atoms with E-state index in [9.17, 15) is 4.39 Å². The molecule has 2 aromatic carbocycles. The minimum Gasteiger partial charge on any atom is -0.491 e. The molecule has 0 radical (unpaired) electrons. The van der Waals surface area contributed by atoms with Crippen molar-refractivity contribution in [3.63, 3.8) is 0 Å². The lowest BCUT2D eigenvalue weighted by atomic mass is 10.1. The summed E-state index contributed by atoms with van der Waals surface area (Å²) in [6.07, 6.45) is 1.82. The number of aryl methyl sites for hydroxylation is 1. The zero-order valence-electron chi connectivity index (χ0n) is 10.1. The topological polar surface area (TPSA) is 35.2 Å². The van der Waals surface area contributed by atoms with Gasteiger partial charge < -0.3 is 10.5 Å². The Kier molecular flexibility index (Phi) is 4.18. The number of para-hydroxylation sites is 1. The second kappa shape index (κ2) is 6.05. The molecule has 0 bridgehead atoms. The number of halogens is 1. The van der Waals surface area contributed by atoms with Crippen molar-refractivity contribution in [2.24, 2.45) is 0 Å². The molecule has 0 saturated carbocycles. The minimum absolute atomic E-state index is 0.0808. The van der Waals surface area contributed by atoms with Crippen molar-refractivity contribution in [2.45, 2.75) is 12.8 Å². The third-order valence-electron chi connectivity index (χ3n) is 2.72. The lowest BCUT2D eigenvalue weighted by Crippen LogP contribution is -2.03. The summed E-state index contributed by atoms with van der Waals surface area (Å²) in [5.41, 5.74) is 6.93. The highest BCUT2D eigenvalue weighted by Gasteiger charge is 2.04. The number of nitrogens with two attached hydrogens (primary N) is 1. The molecule has 0 amide bonds. The Morgan fingerprint density at radius 1 is 1.00 bits per heavy atom. The number of benzene rings is 2. The Morgan fingerprint density at radius 3 is 2.56 bits per heavy atom. The quantitative estimate of drug-likeness (QED) is 0.647. The molecule has 2 rings (SSSR count). The van der Waals surface area contributed by atoms with Gasteiger partial charge in [0.15, 0.2) is 0 Å². The van der Waals surface area contributed by atoms with Crippen molar-refractivity contribution >= 4 is 5.69 Å². The van der Waals surface area contributed by atoms with Crippen LogP contribution in [0.1, 0.15) is 12.0 Å². The molecule has 0 aliphatic rings. The van der Waals surface area contributed by atoms with Crippen molar-refractivity contribution in [1.82, 2.24) is 0 Å². The second-order valence-corrected chi connectivity index (χ2v) is 4.09. The largest absolute Gasteiger partial charge is 0.491 e. The summed E-state index contributed by atoms with van der Waals surface area (Å²) in [5, 5.41) is 0. The predicted molar refractivity (Wildman–Crippen MR) is 71.1 cm³/mol. The summed E-state index contributed by atoms with van der Waals surface area (Å²) in [6, 6.07) is 14.8. The van der Waals surface area contributed by atoms with Crippen molar-refractivity contribution in [2.75, 3.05) is 12.3 Å². The van der Waals surface area contributed by atoms with Gasteiger partial charge >= 0.3 is 0 Å². The maximum atomic E-state index is 13.1. The number of anilines is 1. The summed E-state index contributed by atoms with van der Waals surface area (Å²) < 4.78 is 18.6. The molecule has 18 heavy (non-hydrogen) atoms. The average Bonchev–Trinajstić information content (AvgIpc) is 2.40. The SMILES string of the molecule is Nc1c(F)cccc1OCCCc1ccccc1. The van der Waals surface area contributed by atoms with Crippen LogP contribution in [0.5, 0.6) is 5.75 Å². The standard InChI is InChI=1S/C15H16FNO/c16-13-9-4-10-14(15(13)17)18-11-5-8-12-6-2-1-3-7-12/h1-4,6-7,9-10H,5,8,11,17H2. The molecule has 0 aliphatic carbocycles. The lowest BCUT2D eigenvalue weighted by molar-refractivity contribution is 0.311. The third-order valence-corrected chi connectivity index (χ3v) is 2.72. The summed E-state index contributed by atoms with van der Waals surface area (Å²) >= 11 is 0. The molecular weight excluding hydrogens is 229 g/mol. The Hall–Kier alpha value is -2.03. The maximum Gasteiger partial charge on any atom is 0.149 e. The number of nitrogen functional groups attached to an aromatic ring is 1. The van der Waals surface area contributed by atoms with Crippen LogP contribution in [0.3, 0.4) is 0 Å². The normalized spacial score (nSPS) is 10.3. The smallest absolute Gasteiger partial charge is 0.149 e. The maximum absolute atomic E-state index is 13.1. The van der Waals surface area contributed by atoms with E-state index < -0.39 is 5.82 Å². The van der Waals surface area contributed by atoms with Gasteiger partial charge in [-0.05, 0) is 30.5 Å². The summed E-state index contributed by atoms with van der Waals surface area (Å²) in [6.45, 7) is 0.530. The van der Waals surface area contributed by atoms with Crippen LogP contribution in [-0.2, 0) is 6.42 Å². The van der Waals surface area contributed by atoms with Gasteiger partial charge in [0.25, 0.3) is 0 Å². The van der Waals surface area contributed by atoms with Crippen molar-refractivity contribution < 1.29 is 9.13 Å². The Labute approximate surface area is 106 Å². The molecule has 2 nitrogen and oxygen atoms in total. The van der Waals surface area contributed by atoms with Gasteiger partial charge in [0.2, 0.25) is 0 Å². The molecule has 0 heterocycles. The first kappa shape index (κ1) is 12.4. The first-order valence-corrected chi connectivity index (χ1v) is 5.98. The summed E-state index contributed by atoms with van der Waals surface area (Å²) in [4.78, 5) is 0. The van der Waals surface area contributed by atoms with Crippen LogP contribution >= 0.6 is 0 Å². The Morgan fingerprint density at radius 2 is 1.78 bits per heavy atom. The van der Waals surface area contributed by atoms with Crippen LogP contribution in [0.25, 0.3) is 0 Å². The molecule has 94 valence electrons. The van der Waals surface area contributed by atoms with Gasteiger partial charge in [-0.15, -0.1) is 0 Å². The first-order chi connectivity index (χ1) is 8.77. The number of hydrogen-bond donors (Lipinski definition) is 1. The Balaban J connectivity index is 1.81. The van der Waals surface area contributed by atoms with E-state index >= 15 is 0 Å². The van der Waals surface area contributed by atoms with Crippen LogP contribution in [0, 0.1) is 5.82 Å². The van der Waals surface area contributed by atoms with E-state index in [0.29, 0.717) is 12.4 Å². The second-order valence-electron chi connectivity index (χ2n) is 4.09. The van der Waals surface area contributed by atoms with Gasteiger partial charge in [-0.2, -0.15) is 0 Å². The van der Waals surface area contributed by atoms with E-state index in [1.807, 2.05) is 18.2 Å². The average molecular weight is 245 g/mol. The van der Waals surface area contributed by atoms with Crippen molar-refractivity contribution in [3.05, 3.63) is 59.9 Å². The van der Waals surface area contributed by atoms with Gasteiger partial charge in [-0.1, -0.05) is 36.4 Å². The third kappa shape index (κ3) is 3.23. The molecular formula is C15H16FNO. The molecule has 2 N–H and O–H groups in total. The highest BCUT2D eigenvalue weighted by Crippen LogP contribution is 2.23. The zero-order valence-corrected chi connectivity index (χ0v) is 10.1. The predicted octanol–water partition coefficient (Wildman–Crippen LogP) is 3.42. The fourth-order valence-corrected chi connectivity index (χ4v) is 1.75. The fourth-order valence-electron chi connectivity index (χ4n) is 1.75. The number of rotatable bonds is 5. The van der Waals surface area contributed by atoms with E-state index in [1.165, 1.54) is 11.6 Å². The highest BCUT2D eigenvalue weighted by atomic mass is 19.1. The molecule has 0 fully saturated rings. The molecule has 0 unspecified atom stereocenters. The highest BCUT2D eigenvalue weighted by molar-refractivity contribution is 5.53. The molecule has 2 aromatic rings. The number of ether oxygens (including phenoxy) is 1. The monoisotopic (exact) mass is 245 g/mol. The van der Waals surface area contributed by atoms with Gasteiger partial charge in [0.05, 0.1) is 6.61 Å². The van der Waals surface area contributed by atoms with Crippen molar-refractivity contribution in [3.8, 4) is 5.75 Å². The van der Waals surface area contributed by atoms with Crippen LogP contribution in [0.2, 0.25) is 0 Å². The molecule has 0 atom stereocenters. The van der Waals surface area contributed by atoms with Gasteiger partial charge in [0, 0.05) is 0 Å². The minimum atomic E-state index is -0.435. The van der Waals surface area contributed by atoms with Crippen LogP contribution in [-0.4, -0.2) is 6.61 Å². The molecule has 0 saturated heterocycles. The van der Waals surface area contributed by atoms with Gasteiger partial charge in [0.1, 0.15) is 17.3 Å².